The van der Waals surface area contributed by atoms with Crippen molar-refractivity contribution in [3.63, 3.8) is 0 Å². The number of aromatic nitrogens is 2. The summed E-state index contributed by atoms with van der Waals surface area (Å²) < 4.78 is 28.3. The molecule has 2 rings (SSSR count). The summed E-state index contributed by atoms with van der Waals surface area (Å²) in [5, 5.41) is 13.1. The lowest BCUT2D eigenvalue weighted by Crippen LogP contribution is -1.97. The summed E-state index contributed by atoms with van der Waals surface area (Å²) in [6.45, 7) is 0. The number of aromatic hydroxyl groups is 1. The van der Waals surface area contributed by atoms with Crippen LogP contribution in [0.15, 0.2) is 16.6 Å². The number of phenols is 1. The predicted molar refractivity (Wildman–Crippen MR) is 62.3 cm³/mol. The SMILES string of the molecule is Cn1nc(-c2cc(Br)c(O)c(F)c2F)cc1N. The summed E-state index contributed by atoms with van der Waals surface area (Å²) in [6.07, 6.45) is 0. The highest BCUT2D eigenvalue weighted by Crippen LogP contribution is 2.35. The summed E-state index contributed by atoms with van der Waals surface area (Å²) in [5.74, 6) is -2.93. The number of phenolic OH excluding ortho intramolecular Hbond substituents is 1. The van der Waals surface area contributed by atoms with E-state index in [0.29, 0.717) is 5.82 Å². The molecular weight excluding hydrogens is 296 g/mol. The number of rotatable bonds is 1. The van der Waals surface area contributed by atoms with Gasteiger partial charge in [0, 0.05) is 18.7 Å². The van der Waals surface area contributed by atoms with Gasteiger partial charge in [-0.2, -0.15) is 9.49 Å². The van der Waals surface area contributed by atoms with Gasteiger partial charge in [0.15, 0.2) is 11.6 Å². The summed E-state index contributed by atoms with van der Waals surface area (Å²) in [6, 6.07) is 2.66. The second-order valence-corrected chi connectivity index (χ2v) is 4.31. The third kappa shape index (κ3) is 1.86. The highest BCUT2D eigenvalue weighted by Gasteiger charge is 2.19. The molecule has 0 aliphatic rings. The molecule has 17 heavy (non-hydrogen) atoms. The van der Waals surface area contributed by atoms with Gasteiger partial charge in [-0.05, 0) is 22.0 Å². The van der Waals surface area contributed by atoms with Gasteiger partial charge in [-0.3, -0.25) is 4.68 Å². The Morgan fingerprint density at radius 2 is 2.00 bits per heavy atom. The molecule has 0 aliphatic carbocycles. The molecular formula is C10H8BrF2N3O. The van der Waals surface area contributed by atoms with Crippen molar-refractivity contribution in [1.82, 2.24) is 9.78 Å². The van der Waals surface area contributed by atoms with Crippen LogP contribution in [0.2, 0.25) is 0 Å². The highest BCUT2D eigenvalue weighted by molar-refractivity contribution is 9.10. The molecule has 2 aromatic rings. The van der Waals surface area contributed by atoms with Gasteiger partial charge >= 0.3 is 0 Å². The molecule has 1 aromatic carbocycles. The van der Waals surface area contributed by atoms with Gasteiger partial charge in [0.1, 0.15) is 5.82 Å². The number of nitrogens with two attached hydrogens (primary N) is 1. The summed E-state index contributed by atoms with van der Waals surface area (Å²) in [5.41, 5.74) is 5.68. The van der Waals surface area contributed by atoms with Crippen LogP contribution in [0.4, 0.5) is 14.6 Å². The van der Waals surface area contributed by atoms with Crippen molar-refractivity contribution in [2.45, 2.75) is 0 Å². The molecule has 0 amide bonds. The predicted octanol–water partition coefficient (Wildman–Crippen LogP) is 2.42. The molecule has 0 spiro atoms. The normalized spacial score (nSPS) is 10.8. The maximum absolute atomic E-state index is 13.6. The van der Waals surface area contributed by atoms with Crippen LogP contribution in [0.25, 0.3) is 11.3 Å². The van der Waals surface area contributed by atoms with Crippen molar-refractivity contribution in [1.29, 1.82) is 0 Å². The van der Waals surface area contributed by atoms with Crippen LogP contribution in [-0.2, 0) is 7.05 Å². The lowest BCUT2D eigenvalue weighted by molar-refractivity contribution is 0.405. The first-order valence-corrected chi connectivity index (χ1v) is 5.37. The lowest BCUT2D eigenvalue weighted by atomic mass is 10.1. The van der Waals surface area contributed by atoms with Crippen molar-refractivity contribution in [3.8, 4) is 17.0 Å². The van der Waals surface area contributed by atoms with E-state index >= 15 is 0 Å². The van der Waals surface area contributed by atoms with Crippen LogP contribution < -0.4 is 5.73 Å². The van der Waals surface area contributed by atoms with Gasteiger partial charge in [0.25, 0.3) is 0 Å². The Balaban J connectivity index is 2.68. The minimum Gasteiger partial charge on any atom is -0.504 e. The topological polar surface area (TPSA) is 64.1 Å². The van der Waals surface area contributed by atoms with Crippen LogP contribution >= 0.6 is 15.9 Å². The monoisotopic (exact) mass is 303 g/mol. The Morgan fingerprint density at radius 1 is 1.35 bits per heavy atom. The smallest absolute Gasteiger partial charge is 0.202 e. The zero-order valence-electron chi connectivity index (χ0n) is 8.71. The fourth-order valence-corrected chi connectivity index (χ4v) is 1.79. The van der Waals surface area contributed by atoms with Gasteiger partial charge in [-0.25, -0.2) is 4.39 Å². The van der Waals surface area contributed by atoms with Crippen LogP contribution in [-0.4, -0.2) is 14.9 Å². The van der Waals surface area contributed by atoms with E-state index in [1.165, 1.54) is 16.8 Å². The summed E-state index contributed by atoms with van der Waals surface area (Å²) >= 11 is 2.93. The number of hydrogen-bond acceptors (Lipinski definition) is 3. The first-order chi connectivity index (χ1) is 7.91. The fraction of sp³-hybridized carbons (Fsp3) is 0.100. The van der Waals surface area contributed by atoms with Crippen LogP contribution in [0.1, 0.15) is 0 Å². The van der Waals surface area contributed by atoms with Crippen LogP contribution in [0.5, 0.6) is 5.75 Å². The van der Waals surface area contributed by atoms with E-state index < -0.39 is 17.4 Å². The number of benzene rings is 1. The van der Waals surface area contributed by atoms with E-state index in [-0.39, 0.29) is 15.7 Å². The summed E-state index contributed by atoms with van der Waals surface area (Å²) in [4.78, 5) is 0. The summed E-state index contributed by atoms with van der Waals surface area (Å²) in [7, 11) is 1.59. The molecule has 0 bridgehead atoms. The molecule has 3 N–H and O–H groups in total. The lowest BCUT2D eigenvalue weighted by Gasteiger charge is -2.04. The largest absolute Gasteiger partial charge is 0.504 e. The zero-order valence-corrected chi connectivity index (χ0v) is 10.3. The first-order valence-electron chi connectivity index (χ1n) is 4.58. The molecule has 0 radical (unpaired) electrons. The Kier molecular flexibility index (Phi) is 2.78. The van der Waals surface area contributed by atoms with Gasteiger partial charge in [0.05, 0.1) is 10.2 Å². The third-order valence-electron chi connectivity index (χ3n) is 2.33. The van der Waals surface area contributed by atoms with Crippen molar-refractivity contribution in [2.75, 3.05) is 5.73 Å². The molecule has 0 fully saturated rings. The van der Waals surface area contributed by atoms with E-state index in [0.717, 1.165) is 0 Å². The van der Waals surface area contributed by atoms with Crippen LogP contribution in [0, 0.1) is 11.6 Å². The van der Waals surface area contributed by atoms with Crippen LogP contribution in [0.3, 0.4) is 0 Å². The first kappa shape index (κ1) is 11.8. The second-order valence-electron chi connectivity index (χ2n) is 3.46. The van der Waals surface area contributed by atoms with Crippen molar-refractivity contribution >= 4 is 21.7 Å². The number of halogens is 3. The molecule has 1 aromatic heterocycles. The van der Waals surface area contributed by atoms with E-state index in [2.05, 4.69) is 21.0 Å². The Bertz CT molecular complexity index is 578. The number of nitrogens with zero attached hydrogens (tertiary/aromatic N) is 2. The van der Waals surface area contributed by atoms with E-state index in [1.807, 2.05) is 0 Å². The standard InChI is InChI=1S/C10H8BrF2N3O/c1-16-7(14)3-6(15-16)4-2-5(11)10(17)9(13)8(4)12/h2-3,17H,14H2,1H3. The van der Waals surface area contributed by atoms with E-state index in [9.17, 15) is 13.9 Å². The highest BCUT2D eigenvalue weighted by atomic mass is 79.9. The average Bonchev–Trinajstić information content (AvgIpc) is 2.61. The maximum Gasteiger partial charge on any atom is 0.202 e. The fourth-order valence-electron chi connectivity index (χ4n) is 1.39. The molecule has 0 aliphatic heterocycles. The third-order valence-corrected chi connectivity index (χ3v) is 2.93. The molecule has 4 nitrogen and oxygen atoms in total. The number of hydrogen-bond donors (Lipinski definition) is 2. The van der Waals surface area contributed by atoms with Crippen molar-refractivity contribution in [3.05, 3.63) is 28.2 Å². The van der Waals surface area contributed by atoms with E-state index in [4.69, 9.17) is 5.73 Å². The zero-order chi connectivity index (χ0) is 12.7. The average molecular weight is 304 g/mol. The Labute approximate surface area is 104 Å². The molecule has 1 heterocycles. The molecule has 0 atom stereocenters. The number of anilines is 1. The van der Waals surface area contributed by atoms with Gasteiger partial charge in [0.2, 0.25) is 5.82 Å². The minimum atomic E-state index is -1.32. The Hall–Kier alpha value is -1.63. The maximum atomic E-state index is 13.6. The molecule has 90 valence electrons. The molecule has 7 heteroatoms. The number of aryl methyl sites for hydroxylation is 1. The van der Waals surface area contributed by atoms with Gasteiger partial charge in [-0.15, -0.1) is 0 Å². The van der Waals surface area contributed by atoms with Crippen molar-refractivity contribution < 1.29 is 13.9 Å². The van der Waals surface area contributed by atoms with E-state index in [1.54, 1.807) is 7.05 Å². The quantitative estimate of drug-likeness (QED) is 0.795. The van der Waals surface area contributed by atoms with Crippen molar-refractivity contribution in [2.24, 2.45) is 7.05 Å². The molecule has 0 unspecified atom stereocenters. The second kappa shape index (κ2) is 3.99. The number of nitrogen functional groups attached to an aromatic ring is 1. The molecule has 0 saturated carbocycles. The minimum absolute atomic E-state index is 0.0515. The van der Waals surface area contributed by atoms with Gasteiger partial charge < -0.3 is 10.8 Å². The van der Waals surface area contributed by atoms with Gasteiger partial charge in [-0.1, -0.05) is 0 Å². The Morgan fingerprint density at radius 3 is 2.53 bits per heavy atom. The molecule has 0 saturated heterocycles.